The summed E-state index contributed by atoms with van der Waals surface area (Å²) in [6.45, 7) is 6.77. The summed E-state index contributed by atoms with van der Waals surface area (Å²) < 4.78 is 61.1. The van der Waals surface area contributed by atoms with Crippen molar-refractivity contribution in [2.75, 3.05) is 6.54 Å². The van der Waals surface area contributed by atoms with Crippen LogP contribution in [0.2, 0.25) is 0 Å². The van der Waals surface area contributed by atoms with E-state index in [9.17, 15) is 36.4 Å². The van der Waals surface area contributed by atoms with E-state index in [1.54, 1.807) is 27.7 Å². The zero-order chi connectivity index (χ0) is 40.2. The van der Waals surface area contributed by atoms with Crippen molar-refractivity contribution in [1.29, 1.82) is 0 Å². The third kappa shape index (κ3) is 7.89. The third-order valence-corrected chi connectivity index (χ3v) is 13.0. The van der Waals surface area contributed by atoms with E-state index in [0.29, 0.717) is 25.0 Å². The third-order valence-electron chi connectivity index (χ3n) is 11.2. The van der Waals surface area contributed by atoms with Crippen molar-refractivity contribution < 1.29 is 46.0 Å². The Labute approximate surface area is 324 Å². The lowest BCUT2D eigenvalue weighted by molar-refractivity contribution is -0.143. The zero-order valence-corrected chi connectivity index (χ0v) is 32.5. The quantitative estimate of drug-likeness (QED) is 0.317. The summed E-state index contributed by atoms with van der Waals surface area (Å²) in [4.78, 5) is 62.7. The van der Waals surface area contributed by atoms with E-state index in [0.717, 1.165) is 40.7 Å². The first kappa shape index (κ1) is 39.4. The summed E-state index contributed by atoms with van der Waals surface area (Å²) in [5, 5.41) is 8.91. The van der Waals surface area contributed by atoms with Crippen molar-refractivity contribution in [2.45, 2.75) is 114 Å². The minimum absolute atomic E-state index is 0.151. The van der Waals surface area contributed by atoms with Crippen molar-refractivity contribution in [2.24, 2.45) is 16.5 Å². The van der Waals surface area contributed by atoms with Gasteiger partial charge in [0.1, 0.15) is 35.5 Å². The Hall–Kier alpha value is -4.86. The van der Waals surface area contributed by atoms with E-state index < -0.39 is 93.1 Å². The number of amides is 4. The number of nitrogens with one attached hydrogen (secondary N) is 3. The van der Waals surface area contributed by atoms with Gasteiger partial charge in [0.05, 0.1) is 17.7 Å². The van der Waals surface area contributed by atoms with Gasteiger partial charge in [-0.2, -0.15) is 0 Å². The maximum absolute atomic E-state index is 14.5. The molecule has 1 saturated heterocycles. The highest BCUT2D eigenvalue weighted by atomic mass is 32.2. The van der Waals surface area contributed by atoms with E-state index in [-0.39, 0.29) is 13.0 Å². The number of carbonyl (C=O) groups is 4. The molecule has 3 fully saturated rings. The number of oxime groups is 1. The van der Waals surface area contributed by atoms with Crippen molar-refractivity contribution in [1.82, 2.24) is 20.3 Å². The second-order valence-electron chi connectivity index (χ2n) is 16.5. The van der Waals surface area contributed by atoms with Crippen LogP contribution in [0.4, 0.5) is 13.6 Å². The Bertz CT molecular complexity index is 2100. The number of fused-ring (bicyclic) bond motifs is 6. The highest BCUT2D eigenvalue weighted by Crippen LogP contribution is 2.48. The number of nitrogens with zero attached hydrogens (tertiary/aromatic N) is 2. The van der Waals surface area contributed by atoms with E-state index in [1.807, 2.05) is 53.3 Å². The van der Waals surface area contributed by atoms with Crippen molar-refractivity contribution in [3.63, 3.8) is 0 Å². The lowest BCUT2D eigenvalue weighted by atomic mass is 9.85. The molecule has 2 saturated carbocycles. The van der Waals surface area contributed by atoms with Gasteiger partial charge in [-0.15, -0.1) is 0 Å². The molecule has 16 heteroatoms. The van der Waals surface area contributed by atoms with Gasteiger partial charge < -0.3 is 25.1 Å². The summed E-state index contributed by atoms with van der Waals surface area (Å²) in [6, 6.07) is 11.2. The van der Waals surface area contributed by atoms with E-state index in [1.165, 1.54) is 4.90 Å². The summed E-state index contributed by atoms with van der Waals surface area (Å²) in [5.74, 6) is -4.52. The molecule has 6 atom stereocenters. The Balaban J connectivity index is 1.23. The van der Waals surface area contributed by atoms with E-state index >= 15 is 0 Å². The molecule has 3 aliphatic carbocycles. The number of rotatable bonds is 6. The fraction of sp³-hybridized carbons (Fsp3) is 0.525. The average Bonchev–Trinajstić information content (AvgIpc) is 4.05. The number of ether oxygens (including phenoxy) is 1. The first-order valence-corrected chi connectivity index (χ1v) is 20.6. The van der Waals surface area contributed by atoms with Crippen LogP contribution in [0.15, 0.2) is 53.7 Å². The molecule has 2 aliphatic heterocycles. The smallest absolute Gasteiger partial charge is 0.408 e. The van der Waals surface area contributed by atoms with E-state index in [2.05, 4.69) is 21.9 Å². The van der Waals surface area contributed by atoms with Gasteiger partial charge in [-0.1, -0.05) is 74.5 Å². The van der Waals surface area contributed by atoms with E-state index in [4.69, 9.17) is 9.57 Å². The predicted molar refractivity (Wildman–Crippen MR) is 203 cm³/mol. The molecule has 300 valence electrons. The van der Waals surface area contributed by atoms with Crippen LogP contribution in [-0.2, 0) is 34.0 Å². The van der Waals surface area contributed by atoms with Gasteiger partial charge in [-0.05, 0) is 73.6 Å². The minimum atomic E-state index is -4.13. The molecule has 4 amide bonds. The van der Waals surface area contributed by atoms with Crippen LogP contribution in [0.1, 0.15) is 89.3 Å². The number of sulfonamides is 1. The van der Waals surface area contributed by atoms with Gasteiger partial charge in [0.15, 0.2) is 0 Å². The minimum Gasteiger partial charge on any atom is -0.447 e. The number of halogens is 2. The molecule has 3 N–H and O–H groups in total. The molecular formula is C40H47F2N5O8S. The first-order chi connectivity index (χ1) is 26.5. The van der Waals surface area contributed by atoms with Gasteiger partial charge in [-0.25, -0.2) is 22.0 Å². The fourth-order valence-electron chi connectivity index (χ4n) is 7.75. The molecule has 0 aromatic heterocycles. The van der Waals surface area contributed by atoms with Crippen LogP contribution in [-0.4, -0.2) is 90.9 Å². The lowest BCUT2D eigenvalue weighted by Gasteiger charge is -2.35. The topological polar surface area (TPSA) is 173 Å². The first-order valence-electron chi connectivity index (χ1n) is 19.1. The molecule has 2 aromatic rings. The summed E-state index contributed by atoms with van der Waals surface area (Å²) in [5.41, 5.74) is 1.97. The number of carbonyl (C=O) groups excluding carboxylic acids is 4. The van der Waals surface area contributed by atoms with Crippen molar-refractivity contribution >= 4 is 45.6 Å². The second-order valence-corrected chi connectivity index (χ2v) is 18.5. The SMILES string of the molecule is C[C@H]1CCC/C=C/c2ccc3c(c2)/C(=N/O[C@@H]2C[C@@H](C(=O)N[C@@]4(C(=O)NS(=O)(=O)C5CC5)C[C@H]4C(F)F)N(C2)C(=O)[C@H](C(C)(C)C)NC(=O)O1)c1ccccc1-3. The fourth-order valence-corrected chi connectivity index (χ4v) is 9.11. The van der Waals surface area contributed by atoms with Crippen LogP contribution in [0.25, 0.3) is 17.2 Å². The summed E-state index contributed by atoms with van der Waals surface area (Å²) in [7, 11) is -4.13. The van der Waals surface area contributed by atoms with Gasteiger partial charge in [-0.3, -0.25) is 19.1 Å². The van der Waals surface area contributed by atoms with Gasteiger partial charge in [0.25, 0.3) is 5.91 Å². The van der Waals surface area contributed by atoms with Crippen molar-refractivity contribution in [3.05, 3.63) is 65.2 Å². The van der Waals surface area contributed by atoms with Gasteiger partial charge in [0.2, 0.25) is 28.3 Å². The molecule has 13 nitrogen and oxygen atoms in total. The lowest BCUT2D eigenvalue weighted by Crippen LogP contribution is -2.60. The molecule has 0 radical (unpaired) electrons. The number of cyclic esters (lactones) is 1. The van der Waals surface area contributed by atoms with Gasteiger partial charge >= 0.3 is 6.09 Å². The van der Waals surface area contributed by atoms with Crippen LogP contribution in [0.5, 0.6) is 0 Å². The monoisotopic (exact) mass is 795 g/mol. The standard InChI is InChI=1S/C40H47F2N5O8S/c1-22-10-6-5-7-11-23-14-17-27-26-12-8-9-13-28(26)32(29(27)18-23)45-55-24-19-31(47(21-24)36(49)33(39(2,3)4)43-38(51)54-22)35(48)44-40(20-30(40)34(41)42)37(50)46-56(52,53)25-15-16-25/h7-9,11-14,17-18,22,24-25,30-31,33-34H,5-6,10,15-16,19-21H2,1-4H3,(H,43,51)(H,44,48)(H,46,50)/b11-7+,45-32+/t22-,24+,30-,31-,33+,40-/m0/s1. The molecule has 7 rings (SSSR count). The van der Waals surface area contributed by atoms with Crippen LogP contribution in [0, 0.1) is 11.3 Å². The number of alkyl halides is 2. The Kier molecular flexibility index (Phi) is 10.5. The van der Waals surface area contributed by atoms with Crippen LogP contribution < -0.4 is 15.4 Å². The molecule has 0 spiro atoms. The Morgan fingerprint density at radius 3 is 2.43 bits per heavy atom. The normalized spacial score (nSPS) is 29.5. The molecule has 56 heavy (non-hydrogen) atoms. The Morgan fingerprint density at radius 2 is 1.75 bits per heavy atom. The maximum Gasteiger partial charge on any atom is 0.408 e. The molecule has 2 heterocycles. The molecule has 4 bridgehead atoms. The largest absolute Gasteiger partial charge is 0.447 e. The molecule has 0 unspecified atom stereocenters. The molecule has 2 aromatic carbocycles. The number of alkyl carbamates (subject to hydrolysis) is 1. The molecular weight excluding hydrogens is 749 g/mol. The van der Waals surface area contributed by atoms with Crippen LogP contribution in [0.3, 0.4) is 0 Å². The van der Waals surface area contributed by atoms with Crippen molar-refractivity contribution in [3.8, 4) is 11.1 Å². The predicted octanol–water partition coefficient (Wildman–Crippen LogP) is 4.88. The van der Waals surface area contributed by atoms with Gasteiger partial charge in [0, 0.05) is 17.5 Å². The average molecular weight is 796 g/mol. The number of hydrogen-bond acceptors (Lipinski definition) is 9. The number of allylic oxidation sites excluding steroid dienone is 1. The Morgan fingerprint density at radius 1 is 1.04 bits per heavy atom. The highest BCUT2D eigenvalue weighted by Gasteiger charge is 2.67. The second kappa shape index (κ2) is 14.9. The highest BCUT2D eigenvalue weighted by molar-refractivity contribution is 7.91. The van der Waals surface area contributed by atoms with Crippen LogP contribution >= 0.6 is 0 Å². The number of hydrogen-bond donors (Lipinski definition) is 3. The maximum atomic E-state index is 14.5. The number of benzene rings is 2. The summed E-state index contributed by atoms with van der Waals surface area (Å²) in [6.07, 6.45) is 0.879. The molecule has 5 aliphatic rings. The zero-order valence-electron chi connectivity index (χ0n) is 31.7. The summed E-state index contributed by atoms with van der Waals surface area (Å²) >= 11 is 0.